The lowest BCUT2D eigenvalue weighted by atomic mass is 9.90. The third kappa shape index (κ3) is 5.07. The van der Waals surface area contributed by atoms with E-state index in [2.05, 4.69) is 10.1 Å². The number of carboxylic acids is 1. The summed E-state index contributed by atoms with van der Waals surface area (Å²) in [6.45, 7) is -0.378. The van der Waals surface area contributed by atoms with E-state index in [1.165, 1.54) is 0 Å². The molecule has 1 aliphatic heterocycles. The molecule has 2 N–H and O–H groups in total. The molecule has 110 valence electrons. The molecule has 8 heteroatoms. The van der Waals surface area contributed by atoms with Gasteiger partial charge < -0.3 is 19.9 Å². The molecule has 0 atom stereocenters. The van der Waals surface area contributed by atoms with E-state index in [4.69, 9.17) is 4.74 Å². The topological polar surface area (TPSA) is 84.9 Å². The smallest absolute Gasteiger partial charge is 0.329 e. The van der Waals surface area contributed by atoms with Gasteiger partial charge >= 0.3 is 5.97 Å². The van der Waals surface area contributed by atoms with E-state index in [1.54, 1.807) is 0 Å². The van der Waals surface area contributed by atoms with Crippen molar-refractivity contribution < 1.29 is 33.0 Å². The molecule has 1 heterocycles. The van der Waals surface area contributed by atoms with Gasteiger partial charge in [0, 0.05) is 32.5 Å². The van der Waals surface area contributed by atoms with Crippen LogP contribution in [0.25, 0.3) is 0 Å². The highest BCUT2D eigenvalue weighted by Gasteiger charge is 2.41. The minimum Gasteiger partial charge on any atom is -0.480 e. The first-order chi connectivity index (χ1) is 8.96. The van der Waals surface area contributed by atoms with Crippen LogP contribution in [0.15, 0.2) is 0 Å². The number of hydrogen-bond acceptors (Lipinski definition) is 4. The zero-order chi connectivity index (χ0) is 14.3. The molecule has 0 aromatic carbocycles. The summed E-state index contributed by atoms with van der Waals surface area (Å²) in [6, 6.07) is 0. The zero-order valence-corrected chi connectivity index (χ0v) is 10.4. The van der Waals surface area contributed by atoms with Crippen LogP contribution in [0.3, 0.4) is 0 Å². The van der Waals surface area contributed by atoms with Crippen molar-refractivity contribution in [3.05, 3.63) is 0 Å². The Bertz CT molecular complexity index is 318. The van der Waals surface area contributed by atoms with Crippen LogP contribution in [0.4, 0.5) is 8.78 Å². The average Bonchev–Trinajstić information content (AvgIpc) is 2.35. The van der Waals surface area contributed by atoms with Gasteiger partial charge in [-0.3, -0.25) is 4.79 Å². The maximum atomic E-state index is 11.8. The lowest BCUT2D eigenvalue weighted by molar-refractivity contribution is -0.152. The van der Waals surface area contributed by atoms with Crippen molar-refractivity contribution >= 4 is 11.9 Å². The molecule has 0 bridgehead atoms. The average molecular weight is 281 g/mol. The molecule has 6 nitrogen and oxygen atoms in total. The van der Waals surface area contributed by atoms with Crippen LogP contribution in [0, 0.1) is 0 Å². The number of alkyl halides is 2. The number of carbonyl (C=O) groups is 2. The molecule has 1 amide bonds. The minimum absolute atomic E-state index is 0.150. The van der Waals surface area contributed by atoms with Crippen molar-refractivity contribution in [2.75, 3.05) is 26.4 Å². The van der Waals surface area contributed by atoms with Crippen LogP contribution in [0.5, 0.6) is 0 Å². The Morgan fingerprint density at radius 2 is 2.00 bits per heavy atom. The van der Waals surface area contributed by atoms with Crippen LogP contribution < -0.4 is 5.32 Å². The highest BCUT2D eigenvalue weighted by Crippen LogP contribution is 2.21. The number of ether oxygens (including phenoxy) is 2. The summed E-state index contributed by atoms with van der Waals surface area (Å²) in [5, 5.41) is 11.6. The summed E-state index contributed by atoms with van der Waals surface area (Å²) >= 11 is 0. The summed E-state index contributed by atoms with van der Waals surface area (Å²) in [5.41, 5.74) is -1.32. The van der Waals surface area contributed by atoms with Gasteiger partial charge in [-0.2, -0.15) is 0 Å². The summed E-state index contributed by atoms with van der Waals surface area (Å²) in [5.74, 6) is -1.64. The van der Waals surface area contributed by atoms with Gasteiger partial charge in [0.1, 0.15) is 12.1 Å². The lowest BCUT2D eigenvalue weighted by Crippen LogP contribution is -2.57. The van der Waals surface area contributed by atoms with Crippen molar-refractivity contribution in [2.45, 2.75) is 31.2 Å². The van der Waals surface area contributed by atoms with E-state index >= 15 is 0 Å². The molecule has 0 radical (unpaired) electrons. The largest absolute Gasteiger partial charge is 0.480 e. The molecule has 1 aliphatic rings. The second-order valence-electron chi connectivity index (χ2n) is 4.26. The number of carbonyl (C=O) groups excluding carboxylic acids is 1. The molecule has 0 aliphatic carbocycles. The third-order valence-electron chi connectivity index (χ3n) is 2.85. The Hall–Kier alpha value is -1.28. The summed E-state index contributed by atoms with van der Waals surface area (Å²) < 4.78 is 33.2. The van der Waals surface area contributed by atoms with Gasteiger partial charge in [-0.15, -0.1) is 0 Å². The van der Waals surface area contributed by atoms with Gasteiger partial charge in [0.05, 0.1) is 6.61 Å². The number of rotatable bonds is 7. The maximum Gasteiger partial charge on any atom is 0.329 e. The van der Waals surface area contributed by atoms with Crippen LogP contribution in [-0.4, -0.2) is 55.4 Å². The second kappa shape index (κ2) is 7.34. The number of halogens is 2. The quantitative estimate of drug-likeness (QED) is 0.660. The SMILES string of the molecule is O=C(CCOCC(F)F)NC1(C(=O)O)CCOCC1. The molecule has 0 aromatic heterocycles. The van der Waals surface area contributed by atoms with Gasteiger partial charge in [-0.05, 0) is 0 Å². The van der Waals surface area contributed by atoms with Crippen molar-refractivity contribution in [3.8, 4) is 0 Å². The van der Waals surface area contributed by atoms with Crippen molar-refractivity contribution in [2.24, 2.45) is 0 Å². The van der Waals surface area contributed by atoms with E-state index in [9.17, 15) is 23.5 Å². The van der Waals surface area contributed by atoms with E-state index in [1.807, 2.05) is 0 Å². The monoisotopic (exact) mass is 281 g/mol. The Labute approximate surface area is 109 Å². The first-order valence-corrected chi connectivity index (χ1v) is 5.94. The molecular weight excluding hydrogens is 264 g/mol. The summed E-state index contributed by atoms with van der Waals surface area (Å²) in [7, 11) is 0. The number of hydrogen-bond donors (Lipinski definition) is 2. The highest BCUT2D eigenvalue weighted by molar-refractivity contribution is 5.87. The Balaban J connectivity index is 2.37. The number of nitrogens with one attached hydrogen (secondary N) is 1. The first kappa shape index (κ1) is 15.8. The van der Waals surface area contributed by atoms with E-state index in [0.29, 0.717) is 0 Å². The van der Waals surface area contributed by atoms with E-state index < -0.39 is 30.4 Å². The molecule has 1 rings (SSSR count). The Morgan fingerprint density at radius 3 is 2.53 bits per heavy atom. The van der Waals surface area contributed by atoms with Crippen LogP contribution in [0.2, 0.25) is 0 Å². The fourth-order valence-electron chi connectivity index (χ4n) is 1.78. The Kier molecular flexibility index (Phi) is 6.10. The predicted octanol–water partition coefficient (Wildman–Crippen LogP) is 0.408. The van der Waals surface area contributed by atoms with E-state index in [0.717, 1.165) is 0 Å². The number of amides is 1. The van der Waals surface area contributed by atoms with Gasteiger partial charge in [-0.25, -0.2) is 13.6 Å². The number of carboxylic acid groups (broad SMARTS) is 1. The molecule has 1 fully saturated rings. The van der Waals surface area contributed by atoms with Crippen molar-refractivity contribution in [1.29, 1.82) is 0 Å². The molecule has 0 spiro atoms. The highest BCUT2D eigenvalue weighted by atomic mass is 19.3. The van der Waals surface area contributed by atoms with Crippen LogP contribution in [-0.2, 0) is 19.1 Å². The summed E-state index contributed by atoms with van der Waals surface area (Å²) in [4.78, 5) is 22.8. The van der Waals surface area contributed by atoms with E-state index in [-0.39, 0.29) is 39.1 Å². The third-order valence-corrected chi connectivity index (χ3v) is 2.85. The number of aliphatic carboxylic acids is 1. The fraction of sp³-hybridized carbons (Fsp3) is 0.818. The normalized spacial score (nSPS) is 18.3. The van der Waals surface area contributed by atoms with Crippen LogP contribution in [0.1, 0.15) is 19.3 Å². The molecule has 1 saturated heterocycles. The summed E-state index contributed by atoms with van der Waals surface area (Å²) in [6.07, 6.45) is -2.36. The second-order valence-corrected chi connectivity index (χ2v) is 4.26. The maximum absolute atomic E-state index is 11.8. The molecular formula is C11H17F2NO5. The predicted molar refractivity (Wildman–Crippen MR) is 60.0 cm³/mol. The standard InChI is InChI=1S/C11H17F2NO5/c12-8(13)7-19-4-1-9(15)14-11(10(16)17)2-5-18-6-3-11/h8H,1-7H2,(H,14,15)(H,16,17). The fourth-order valence-corrected chi connectivity index (χ4v) is 1.78. The molecule has 0 aromatic rings. The Morgan fingerprint density at radius 1 is 1.37 bits per heavy atom. The van der Waals surface area contributed by atoms with Crippen LogP contribution >= 0.6 is 0 Å². The van der Waals surface area contributed by atoms with Crippen molar-refractivity contribution in [3.63, 3.8) is 0 Å². The molecule has 0 unspecified atom stereocenters. The minimum atomic E-state index is -2.58. The van der Waals surface area contributed by atoms with Gasteiger partial charge in [0.25, 0.3) is 6.43 Å². The van der Waals surface area contributed by atoms with Gasteiger partial charge in [0.15, 0.2) is 0 Å². The van der Waals surface area contributed by atoms with Gasteiger partial charge in [0.2, 0.25) is 5.91 Å². The first-order valence-electron chi connectivity index (χ1n) is 5.94. The van der Waals surface area contributed by atoms with Crippen molar-refractivity contribution in [1.82, 2.24) is 5.32 Å². The zero-order valence-electron chi connectivity index (χ0n) is 10.4. The molecule has 0 saturated carbocycles. The van der Waals surface area contributed by atoms with Gasteiger partial charge in [-0.1, -0.05) is 0 Å². The lowest BCUT2D eigenvalue weighted by Gasteiger charge is -2.33. The molecule has 19 heavy (non-hydrogen) atoms.